The van der Waals surface area contributed by atoms with Crippen molar-refractivity contribution in [3.8, 4) is 5.75 Å². The van der Waals surface area contributed by atoms with E-state index in [-0.39, 0.29) is 0 Å². The Balaban J connectivity index is 1.58. The molecule has 88 valence electrons. The zero-order valence-electron chi connectivity index (χ0n) is 9.86. The number of rotatable bonds is 6. The molecule has 3 nitrogen and oxygen atoms in total. The molecule has 1 heterocycles. The van der Waals surface area contributed by atoms with Crippen molar-refractivity contribution >= 4 is 0 Å². The van der Waals surface area contributed by atoms with Crippen LogP contribution in [0.2, 0.25) is 0 Å². The van der Waals surface area contributed by atoms with Crippen LogP contribution in [0.3, 0.4) is 0 Å². The van der Waals surface area contributed by atoms with Crippen molar-refractivity contribution in [2.75, 3.05) is 33.3 Å². The largest absolute Gasteiger partial charge is 0.494 e. The molecule has 0 radical (unpaired) electrons. The van der Waals surface area contributed by atoms with E-state index in [1.165, 1.54) is 0 Å². The molecule has 1 saturated heterocycles. The Morgan fingerprint density at radius 3 is 2.69 bits per heavy atom. The van der Waals surface area contributed by atoms with Crippen LogP contribution in [0.4, 0.5) is 0 Å². The van der Waals surface area contributed by atoms with Crippen LogP contribution in [0.25, 0.3) is 0 Å². The van der Waals surface area contributed by atoms with Gasteiger partial charge in [0.05, 0.1) is 6.61 Å². The first-order chi connectivity index (χ1) is 7.86. The predicted molar refractivity (Wildman–Crippen MR) is 65.8 cm³/mol. The highest BCUT2D eigenvalue weighted by atomic mass is 16.5. The zero-order valence-corrected chi connectivity index (χ0v) is 9.86. The standard InChI is InChI=1S/C13H20N2O/c1-15(12-10-14-11-12)8-5-9-16-13-6-3-2-4-7-13/h2-4,6-7,12,14H,5,8-11H2,1H3. The van der Waals surface area contributed by atoms with E-state index in [0.717, 1.165) is 44.5 Å². The summed E-state index contributed by atoms with van der Waals surface area (Å²) in [5.74, 6) is 0.968. The Bertz CT molecular complexity index is 298. The maximum Gasteiger partial charge on any atom is 0.119 e. The van der Waals surface area contributed by atoms with Gasteiger partial charge in [-0.2, -0.15) is 0 Å². The lowest BCUT2D eigenvalue weighted by molar-refractivity contribution is 0.167. The van der Waals surface area contributed by atoms with Crippen molar-refractivity contribution < 1.29 is 4.74 Å². The molecule has 0 amide bonds. The molecule has 0 bridgehead atoms. The second-order valence-corrected chi connectivity index (χ2v) is 4.31. The summed E-state index contributed by atoms with van der Waals surface area (Å²) in [5.41, 5.74) is 0. The van der Waals surface area contributed by atoms with E-state index in [2.05, 4.69) is 17.3 Å². The van der Waals surface area contributed by atoms with Gasteiger partial charge >= 0.3 is 0 Å². The molecular formula is C13H20N2O. The molecule has 0 unspecified atom stereocenters. The van der Waals surface area contributed by atoms with Gasteiger partial charge in [-0.25, -0.2) is 0 Å². The molecule has 0 aliphatic carbocycles. The topological polar surface area (TPSA) is 24.5 Å². The van der Waals surface area contributed by atoms with Gasteiger partial charge in [0.15, 0.2) is 0 Å². The average Bonchev–Trinajstić information content (AvgIpc) is 2.23. The van der Waals surface area contributed by atoms with Crippen molar-refractivity contribution in [2.24, 2.45) is 0 Å². The van der Waals surface area contributed by atoms with Crippen LogP contribution in [-0.4, -0.2) is 44.2 Å². The number of ether oxygens (including phenoxy) is 1. The highest BCUT2D eigenvalue weighted by Gasteiger charge is 2.20. The summed E-state index contributed by atoms with van der Waals surface area (Å²) in [7, 11) is 2.19. The lowest BCUT2D eigenvalue weighted by Gasteiger charge is -2.35. The van der Waals surface area contributed by atoms with Gasteiger partial charge in [-0.3, -0.25) is 0 Å². The van der Waals surface area contributed by atoms with E-state index >= 15 is 0 Å². The Labute approximate surface area is 97.4 Å². The number of nitrogens with zero attached hydrogens (tertiary/aromatic N) is 1. The first-order valence-corrected chi connectivity index (χ1v) is 5.95. The van der Waals surface area contributed by atoms with Gasteiger partial charge in [0, 0.05) is 25.7 Å². The fraction of sp³-hybridized carbons (Fsp3) is 0.538. The van der Waals surface area contributed by atoms with E-state index in [1.807, 2.05) is 30.3 Å². The van der Waals surface area contributed by atoms with Crippen LogP contribution in [0.1, 0.15) is 6.42 Å². The van der Waals surface area contributed by atoms with Crippen molar-refractivity contribution in [3.63, 3.8) is 0 Å². The minimum Gasteiger partial charge on any atom is -0.494 e. The highest BCUT2D eigenvalue weighted by Crippen LogP contribution is 2.09. The molecule has 16 heavy (non-hydrogen) atoms. The van der Waals surface area contributed by atoms with Crippen LogP contribution < -0.4 is 10.1 Å². The van der Waals surface area contributed by atoms with Gasteiger partial charge in [0.25, 0.3) is 0 Å². The van der Waals surface area contributed by atoms with Crippen LogP contribution in [0.15, 0.2) is 30.3 Å². The van der Waals surface area contributed by atoms with Gasteiger partial charge in [-0.15, -0.1) is 0 Å². The summed E-state index contributed by atoms with van der Waals surface area (Å²) in [6.07, 6.45) is 1.09. The highest BCUT2D eigenvalue weighted by molar-refractivity contribution is 5.20. The van der Waals surface area contributed by atoms with Crippen LogP contribution in [0, 0.1) is 0 Å². The molecule has 1 aromatic rings. The fourth-order valence-corrected chi connectivity index (χ4v) is 1.79. The number of hydrogen-bond acceptors (Lipinski definition) is 3. The van der Waals surface area contributed by atoms with E-state index in [9.17, 15) is 0 Å². The molecule has 1 aliphatic heterocycles. The number of likely N-dealkylation sites (N-methyl/N-ethyl adjacent to an activating group) is 1. The smallest absolute Gasteiger partial charge is 0.119 e. The number of nitrogens with one attached hydrogen (secondary N) is 1. The summed E-state index contributed by atoms with van der Waals surface area (Å²) >= 11 is 0. The van der Waals surface area contributed by atoms with Gasteiger partial charge in [-0.05, 0) is 25.6 Å². The molecule has 1 aliphatic rings. The minimum absolute atomic E-state index is 0.733. The molecule has 1 N–H and O–H groups in total. The lowest BCUT2D eigenvalue weighted by Crippen LogP contribution is -2.56. The molecule has 1 aromatic carbocycles. The predicted octanol–water partition coefficient (Wildman–Crippen LogP) is 1.36. The van der Waals surface area contributed by atoms with Crippen LogP contribution in [-0.2, 0) is 0 Å². The summed E-state index contributed by atoms with van der Waals surface area (Å²) in [6.45, 7) is 4.18. The Hall–Kier alpha value is -1.06. The minimum atomic E-state index is 0.733. The third-order valence-electron chi connectivity index (χ3n) is 3.05. The van der Waals surface area contributed by atoms with Crippen LogP contribution >= 0.6 is 0 Å². The lowest BCUT2D eigenvalue weighted by atomic mass is 10.1. The maximum atomic E-state index is 5.65. The van der Waals surface area contributed by atoms with Crippen molar-refractivity contribution in [1.29, 1.82) is 0 Å². The Kier molecular flexibility index (Phi) is 4.19. The summed E-state index contributed by atoms with van der Waals surface area (Å²) in [6, 6.07) is 10.7. The fourth-order valence-electron chi connectivity index (χ4n) is 1.79. The normalized spacial score (nSPS) is 16.1. The molecule has 3 heteroatoms. The first kappa shape index (κ1) is 11.4. The molecule has 0 saturated carbocycles. The molecule has 1 fully saturated rings. The van der Waals surface area contributed by atoms with Gasteiger partial charge in [0.2, 0.25) is 0 Å². The van der Waals surface area contributed by atoms with Gasteiger partial charge in [0.1, 0.15) is 5.75 Å². The SMILES string of the molecule is CN(CCCOc1ccccc1)C1CNC1. The summed E-state index contributed by atoms with van der Waals surface area (Å²) in [5, 5.41) is 3.29. The maximum absolute atomic E-state index is 5.65. The van der Waals surface area contributed by atoms with Crippen molar-refractivity contribution in [1.82, 2.24) is 10.2 Å². The zero-order chi connectivity index (χ0) is 11.2. The van der Waals surface area contributed by atoms with E-state index in [1.54, 1.807) is 0 Å². The molecule has 2 rings (SSSR count). The second kappa shape index (κ2) is 5.87. The Morgan fingerprint density at radius 1 is 1.31 bits per heavy atom. The number of benzene rings is 1. The van der Waals surface area contributed by atoms with E-state index < -0.39 is 0 Å². The summed E-state index contributed by atoms with van der Waals surface area (Å²) in [4.78, 5) is 2.41. The molecule has 0 aromatic heterocycles. The third kappa shape index (κ3) is 3.22. The van der Waals surface area contributed by atoms with E-state index in [0.29, 0.717) is 0 Å². The van der Waals surface area contributed by atoms with Crippen molar-refractivity contribution in [3.05, 3.63) is 30.3 Å². The number of para-hydroxylation sites is 1. The van der Waals surface area contributed by atoms with Crippen molar-refractivity contribution in [2.45, 2.75) is 12.5 Å². The first-order valence-electron chi connectivity index (χ1n) is 5.95. The molecular weight excluding hydrogens is 200 g/mol. The quantitative estimate of drug-likeness (QED) is 0.733. The van der Waals surface area contributed by atoms with Gasteiger partial charge in [-0.1, -0.05) is 18.2 Å². The summed E-state index contributed by atoms with van der Waals surface area (Å²) < 4.78 is 5.65. The average molecular weight is 220 g/mol. The number of hydrogen-bond donors (Lipinski definition) is 1. The third-order valence-corrected chi connectivity index (χ3v) is 3.05. The Morgan fingerprint density at radius 2 is 2.06 bits per heavy atom. The van der Waals surface area contributed by atoms with Crippen LogP contribution in [0.5, 0.6) is 5.75 Å². The van der Waals surface area contributed by atoms with E-state index in [4.69, 9.17) is 4.74 Å². The van der Waals surface area contributed by atoms with Gasteiger partial charge < -0.3 is 15.0 Å². The molecule has 0 spiro atoms. The molecule has 0 atom stereocenters. The second-order valence-electron chi connectivity index (χ2n) is 4.31. The monoisotopic (exact) mass is 220 g/mol.